The van der Waals surface area contributed by atoms with Crippen LogP contribution in [0.4, 0.5) is 0 Å². The van der Waals surface area contributed by atoms with E-state index >= 15 is 0 Å². The highest BCUT2D eigenvalue weighted by atomic mass is 35.5. The summed E-state index contributed by atoms with van der Waals surface area (Å²) in [7, 11) is 0. The summed E-state index contributed by atoms with van der Waals surface area (Å²) < 4.78 is 0. The van der Waals surface area contributed by atoms with E-state index in [1.807, 2.05) is 30.3 Å². The van der Waals surface area contributed by atoms with Gasteiger partial charge in [-0.2, -0.15) is 0 Å². The van der Waals surface area contributed by atoms with E-state index in [-0.39, 0.29) is 5.91 Å². The van der Waals surface area contributed by atoms with Crippen LogP contribution in [0, 0.1) is 6.00 Å². The van der Waals surface area contributed by atoms with Crippen molar-refractivity contribution in [3.8, 4) is 0 Å². The van der Waals surface area contributed by atoms with Crippen molar-refractivity contribution in [3.05, 3.63) is 41.9 Å². The van der Waals surface area contributed by atoms with Gasteiger partial charge in [-0.15, -0.1) is 0 Å². The lowest BCUT2D eigenvalue weighted by Crippen LogP contribution is -2.20. The number of carbonyl (C=O) groups excluding carboxylic acids is 1. The molecule has 63 valence electrons. The van der Waals surface area contributed by atoms with Gasteiger partial charge in [0.1, 0.15) is 6.00 Å². The molecule has 0 spiro atoms. The quantitative estimate of drug-likeness (QED) is 0.709. The van der Waals surface area contributed by atoms with Gasteiger partial charge in [0.05, 0.1) is 6.42 Å². The standard InChI is InChI=1S/C9H9ClNO/c10-7-11-9(12)6-8-4-2-1-3-5-8/h1-5,7H,6H2,(H,11,12). The van der Waals surface area contributed by atoms with Gasteiger partial charge in [-0.3, -0.25) is 4.79 Å². The Hall–Kier alpha value is -1.02. The van der Waals surface area contributed by atoms with E-state index in [9.17, 15) is 4.79 Å². The average molecular weight is 183 g/mol. The molecule has 3 heteroatoms. The number of hydrogen-bond donors (Lipinski definition) is 1. The minimum absolute atomic E-state index is 0.101. The van der Waals surface area contributed by atoms with E-state index in [1.165, 1.54) is 0 Å². The highest BCUT2D eigenvalue weighted by Gasteiger charge is 2.00. The molecule has 1 N–H and O–H groups in total. The predicted octanol–water partition coefficient (Wildman–Crippen LogP) is 1.70. The maximum atomic E-state index is 11.0. The van der Waals surface area contributed by atoms with Crippen molar-refractivity contribution < 1.29 is 4.79 Å². The molecular formula is C9H9ClNO. The minimum atomic E-state index is -0.101. The maximum Gasteiger partial charge on any atom is 0.225 e. The Bertz CT molecular complexity index is 248. The Kier molecular flexibility index (Phi) is 3.61. The highest BCUT2D eigenvalue weighted by Crippen LogP contribution is 1.99. The Labute approximate surface area is 76.5 Å². The molecule has 0 fully saturated rings. The molecule has 0 aliphatic rings. The first kappa shape index (κ1) is 9.07. The van der Waals surface area contributed by atoms with Crippen LogP contribution in [-0.2, 0) is 11.2 Å². The SMILES string of the molecule is O=C(Cc1ccccc1)N[CH]Cl. The summed E-state index contributed by atoms with van der Waals surface area (Å²) in [6, 6.07) is 10.6. The second-order valence-corrected chi connectivity index (χ2v) is 2.56. The Morgan fingerprint density at radius 3 is 2.67 bits per heavy atom. The Morgan fingerprint density at radius 1 is 1.42 bits per heavy atom. The van der Waals surface area contributed by atoms with E-state index in [0.717, 1.165) is 11.6 Å². The van der Waals surface area contributed by atoms with Crippen LogP contribution in [-0.4, -0.2) is 5.91 Å². The predicted molar refractivity (Wildman–Crippen MR) is 48.4 cm³/mol. The van der Waals surface area contributed by atoms with Crippen molar-refractivity contribution in [1.82, 2.24) is 5.32 Å². The van der Waals surface area contributed by atoms with Crippen molar-refractivity contribution in [2.75, 3.05) is 0 Å². The van der Waals surface area contributed by atoms with Crippen LogP contribution in [0.5, 0.6) is 0 Å². The molecule has 1 radical (unpaired) electrons. The molecule has 0 saturated heterocycles. The van der Waals surface area contributed by atoms with Crippen LogP contribution in [0.1, 0.15) is 5.56 Å². The van der Waals surface area contributed by atoms with E-state index in [4.69, 9.17) is 11.6 Å². The third kappa shape index (κ3) is 2.93. The topological polar surface area (TPSA) is 29.1 Å². The summed E-state index contributed by atoms with van der Waals surface area (Å²) >= 11 is 5.21. The molecule has 12 heavy (non-hydrogen) atoms. The zero-order valence-corrected chi connectivity index (χ0v) is 7.21. The number of halogens is 1. The first-order chi connectivity index (χ1) is 5.83. The Balaban J connectivity index is 2.47. The smallest absolute Gasteiger partial charge is 0.225 e. The van der Waals surface area contributed by atoms with Crippen molar-refractivity contribution in [1.29, 1.82) is 0 Å². The fourth-order valence-corrected chi connectivity index (χ4v) is 1.01. The lowest BCUT2D eigenvalue weighted by atomic mass is 10.1. The average Bonchev–Trinajstić information content (AvgIpc) is 2.06. The normalized spacial score (nSPS) is 9.42. The molecule has 0 aliphatic heterocycles. The summed E-state index contributed by atoms with van der Waals surface area (Å²) in [5, 5.41) is 2.40. The van der Waals surface area contributed by atoms with Gasteiger partial charge in [0.15, 0.2) is 0 Å². The largest absolute Gasteiger partial charge is 0.337 e. The molecule has 0 heterocycles. The molecule has 1 aromatic rings. The molecule has 2 nitrogen and oxygen atoms in total. The maximum absolute atomic E-state index is 11.0. The van der Waals surface area contributed by atoms with Gasteiger partial charge in [0, 0.05) is 0 Å². The van der Waals surface area contributed by atoms with Crippen molar-refractivity contribution in [2.45, 2.75) is 6.42 Å². The lowest BCUT2D eigenvalue weighted by molar-refractivity contribution is -0.119. The van der Waals surface area contributed by atoms with E-state index in [1.54, 1.807) is 0 Å². The highest BCUT2D eigenvalue weighted by molar-refractivity contribution is 6.23. The second kappa shape index (κ2) is 4.78. The van der Waals surface area contributed by atoms with E-state index in [2.05, 4.69) is 5.32 Å². The van der Waals surface area contributed by atoms with Crippen LogP contribution in [0.2, 0.25) is 0 Å². The van der Waals surface area contributed by atoms with Gasteiger partial charge in [-0.1, -0.05) is 41.9 Å². The molecule has 1 rings (SSSR count). The number of benzene rings is 1. The number of nitrogens with one attached hydrogen (secondary N) is 1. The Morgan fingerprint density at radius 2 is 2.08 bits per heavy atom. The van der Waals surface area contributed by atoms with E-state index in [0.29, 0.717) is 6.42 Å². The zero-order valence-electron chi connectivity index (χ0n) is 6.46. The minimum Gasteiger partial charge on any atom is -0.337 e. The third-order valence-corrected chi connectivity index (χ3v) is 1.53. The van der Waals surface area contributed by atoms with Crippen LogP contribution in [0.3, 0.4) is 0 Å². The van der Waals surface area contributed by atoms with Crippen LogP contribution >= 0.6 is 11.6 Å². The molecular weight excluding hydrogens is 174 g/mol. The van der Waals surface area contributed by atoms with Crippen LogP contribution in [0.25, 0.3) is 0 Å². The van der Waals surface area contributed by atoms with Crippen molar-refractivity contribution in [2.24, 2.45) is 0 Å². The number of amides is 1. The van der Waals surface area contributed by atoms with Gasteiger partial charge < -0.3 is 5.32 Å². The van der Waals surface area contributed by atoms with Gasteiger partial charge in [-0.05, 0) is 5.56 Å². The van der Waals surface area contributed by atoms with Crippen molar-refractivity contribution in [3.63, 3.8) is 0 Å². The molecule has 0 bridgehead atoms. The van der Waals surface area contributed by atoms with Gasteiger partial charge in [0.2, 0.25) is 5.91 Å². The van der Waals surface area contributed by atoms with Crippen molar-refractivity contribution >= 4 is 17.5 Å². The first-order valence-corrected chi connectivity index (χ1v) is 4.02. The fraction of sp³-hybridized carbons (Fsp3) is 0.111. The molecule has 0 aliphatic carbocycles. The number of hydrogen-bond acceptors (Lipinski definition) is 1. The van der Waals surface area contributed by atoms with Gasteiger partial charge >= 0.3 is 0 Å². The van der Waals surface area contributed by atoms with E-state index < -0.39 is 0 Å². The second-order valence-electron chi connectivity index (χ2n) is 2.34. The zero-order chi connectivity index (χ0) is 8.81. The first-order valence-electron chi connectivity index (χ1n) is 3.58. The van der Waals surface area contributed by atoms with Gasteiger partial charge in [0.25, 0.3) is 0 Å². The summed E-state index contributed by atoms with van der Waals surface area (Å²) in [5.41, 5.74) is 0.980. The van der Waals surface area contributed by atoms with Crippen LogP contribution in [0.15, 0.2) is 30.3 Å². The molecule has 0 atom stereocenters. The monoisotopic (exact) mass is 182 g/mol. The molecule has 1 amide bonds. The number of rotatable bonds is 3. The van der Waals surface area contributed by atoms with Gasteiger partial charge in [-0.25, -0.2) is 0 Å². The molecule has 0 unspecified atom stereocenters. The molecule has 0 aromatic heterocycles. The summed E-state index contributed by atoms with van der Waals surface area (Å²) in [6.07, 6.45) is 0.365. The fourth-order valence-electron chi connectivity index (χ4n) is 0.893. The van der Waals surface area contributed by atoms with Crippen LogP contribution < -0.4 is 5.32 Å². The molecule has 0 saturated carbocycles. The summed E-state index contributed by atoms with van der Waals surface area (Å²) in [5.74, 6) is -0.101. The lowest BCUT2D eigenvalue weighted by Gasteiger charge is -1.99. The summed E-state index contributed by atoms with van der Waals surface area (Å²) in [6.45, 7) is 0. The number of carbonyl (C=O) groups is 1. The molecule has 1 aromatic carbocycles. The third-order valence-electron chi connectivity index (χ3n) is 1.42. The summed E-state index contributed by atoms with van der Waals surface area (Å²) in [4.78, 5) is 11.0.